The molecular weight excluding hydrogens is 300 g/mol. The van der Waals surface area contributed by atoms with Crippen LogP contribution in [0, 0.1) is 5.92 Å². The molecule has 0 spiro atoms. The Morgan fingerprint density at radius 1 is 1.13 bits per heavy atom. The van der Waals surface area contributed by atoms with Crippen molar-refractivity contribution in [1.29, 1.82) is 0 Å². The number of amides is 1. The third kappa shape index (κ3) is 3.59. The quantitative estimate of drug-likeness (QED) is 0.837. The third-order valence-electron chi connectivity index (χ3n) is 5.00. The van der Waals surface area contributed by atoms with Crippen LogP contribution in [0.4, 0.5) is 8.78 Å². The minimum absolute atomic E-state index is 0.0677. The van der Waals surface area contributed by atoms with Crippen molar-refractivity contribution in [3.05, 3.63) is 35.9 Å². The summed E-state index contributed by atoms with van der Waals surface area (Å²) in [7, 11) is 0. The fraction of sp³-hybridized carbons (Fsp3) is 0.556. The van der Waals surface area contributed by atoms with Gasteiger partial charge in [0.25, 0.3) is 0 Å². The van der Waals surface area contributed by atoms with Gasteiger partial charge in [-0.1, -0.05) is 30.3 Å². The van der Waals surface area contributed by atoms with Crippen LogP contribution < -0.4 is 0 Å². The topological polar surface area (TPSA) is 37.4 Å². The summed E-state index contributed by atoms with van der Waals surface area (Å²) in [6.07, 6.45) is 0.449. The summed E-state index contributed by atoms with van der Waals surface area (Å²) in [5.41, 5.74) is 0.804. The van der Waals surface area contributed by atoms with E-state index in [1.54, 1.807) is 4.90 Å². The molecule has 1 aromatic carbocycles. The fourth-order valence-corrected chi connectivity index (χ4v) is 3.69. The lowest BCUT2D eigenvalue weighted by Gasteiger charge is -2.39. The van der Waals surface area contributed by atoms with Gasteiger partial charge in [-0.2, -0.15) is 0 Å². The molecule has 1 saturated carbocycles. The first-order valence-electron chi connectivity index (χ1n) is 8.19. The number of carbonyl (C=O) groups is 2. The van der Waals surface area contributed by atoms with Gasteiger partial charge in [0.2, 0.25) is 11.8 Å². The first kappa shape index (κ1) is 16.1. The largest absolute Gasteiger partial charge is 0.342 e. The second-order valence-electron chi connectivity index (χ2n) is 6.59. The zero-order valence-corrected chi connectivity index (χ0v) is 13.0. The van der Waals surface area contributed by atoms with Crippen molar-refractivity contribution < 1.29 is 18.4 Å². The molecule has 1 heterocycles. The molecule has 2 unspecified atom stereocenters. The van der Waals surface area contributed by atoms with E-state index in [9.17, 15) is 18.4 Å². The molecule has 1 amide bonds. The number of halogens is 2. The first-order chi connectivity index (χ1) is 11.0. The molecule has 1 aliphatic carbocycles. The molecule has 1 aliphatic heterocycles. The zero-order chi connectivity index (χ0) is 16.4. The van der Waals surface area contributed by atoms with Crippen LogP contribution in [-0.2, 0) is 9.59 Å². The van der Waals surface area contributed by atoms with Crippen molar-refractivity contribution in [1.82, 2.24) is 4.90 Å². The molecule has 2 aliphatic rings. The van der Waals surface area contributed by atoms with Crippen LogP contribution in [0.15, 0.2) is 30.3 Å². The van der Waals surface area contributed by atoms with E-state index in [1.165, 1.54) is 0 Å². The summed E-state index contributed by atoms with van der Waals surface area (Å²) in [5, 5.41) is 0. The van der Waals surface area contributed by atoms with E-state index < -0.39 is 17.8 Å². The summed E-state index contributed by atoms with van der Waals surface area (Å²) in [4.78, 5) is 25.9. The van der Waals surface area contributed by atoms with Crippen molar-refractivity contribution in [2.24, 2.45) is 5.92 Å². The van der Waals surface area contributed by atoms with Crippen LogP contribution in [0.2, 0.25) is 0 Å². The van der Waals surface area contributed by atoms with Gasteiger partial charge in [0.05, 0.1) is 0 Å². The van der Waals surface area contributed by atoms with Crippen LogP contribution in [0.25, 0.3) is 0 Å². The van der Waals surface area contributed by atoms with Crippen LogP contribution in [0.5, 0.6) is 0 Å². The summed E-state index contributed by atoms with van der Waals surface area (Å²) in [5.74, 6) is -3.48. The van der Waals surface area contributed by atoms with Gasteiger partial charge in [0, 0.05) is 50.6 Å². The van der Waals surface area contributed by atoms with Gasteiger partial charge in [-0.15, -0.1) is 0 Å². The number of nitrogens with zero attached hydrogens (tertiary/aromatic N) is 1. The molecule has 0 aromatic heterocycles. The van der Waals surface area contributed by atoms with Crippen molar-refractivity contribution in [2.75, 3.05) is 13.1 Å². The number of piperidine rings is 1. The average Bonchev–Trinajstić information content (AvgIpc) is 2.55. The number of Topliss-reactive ketones (excluding diaryl/α,β-unsaturated/α-hetero) is 1. The number of hydrogen-bond acceptors (Lipinski definition) is 2. The Hall–Kier alpha value is -1.78. The van der Waals surface area contributed by atoms with Gasteiger partial charge < -0.3 is 4.90 Å². The minimum Gasteiger partial charge on any atom is -0.342 e. The van der Waals surface area contributed by atoms with Crippen molar-refractivity contribution >= 4 is 11.7 Å². The number of carbonyl (C=O) groups excluding carboxylic acids is 2. The SMILES string of the molecule is O=C1CCN(C(=O)C2CCC(F)(F)CC2c2ccccc2)CC1. The smallest absolute Gasteiger partial charge is 0.248 e. The van der Waals surface area contributed by atoms with Crippen LogP contribution in [0.1, 0.15) is 43.6 Å². The standard InChI is InChI=1S/C18H21F2NO2/c19-18(20)9-6-15(16(12-18)13-4-2-1-3-5-13)17(23)21-10-7-14(22)8-11-21/h1-5,15-16H,6-12H2. The Morgan fingerprint density at radius 3 is 2.43 bits per heavy atom. The number of rotatable bonds is 2. The lowest BCUT2D eigenvalue weighted by Crippen LogP contribution is -2.46. The maximum atomic E-state index is 13.9. The molecule has 2 fully saturated rings. The van der Waals surface area contributed by atoms with E-state index in [-0.39, 0.29) is 31.0 Å². The number of benzene rings is 1. The molecule has 2 atom stereocenters. The number of ketones is 1. The van der Waals surface area contributed by atoms with Crippen LogP contribution in [-0.4, -0.2) is 35.6 Å². The molecule has 0 radical (unpaired) electrons. The van der Waals surface area contributed by atoms with E-state index in [1.807, 2.05) is 30.3 Å². The summed E-state index contributed by atoms with van der Waals surface area (Å²) in [6.45, 7) is 0.845. The van der Waals surface area contributed by atoms with E-state index in [0.717, 1.165) is 5.56 Å². The highest BCUT2D eigenvalue weighted by molar-refractivity contribution is 5.85. The normalized spacial score (nSPS) is 27.7. The fourth-order valence-electron chi connectivity index (χ4n) is 3.69. The van der Waals surface area contributed by atoms with E-state index in [4.69, 9.17) is 0 Å². The van der Waals surface area contributed by atoms with Gasteiger partial charge >= 0.3 is 0 Å². The van der Waals surface area contributed by atoms with E-state index in [0.29, 0.717) is 25.9 Å². The lowest BCUT2D eigenvalue weighted by molar-refractivity contribution is -0.143. The maximum Gasteiger partial charge on any atom is 0.248 e. The van der Waals surface area contributed by atoms with Crippen LogP contribution >= 0.6 is 0 Å². The Balaban J connectivity index is 1.81. The molecule has 3 rings (SSSR count). The molecule has 5 heteroatoms. The van der Waals surface area contributed by atoms with Crippen molar-refractivity contribution in [3.8, 4) is 0 Å². The van der Waals surface area contributed by atoms with Gasteiger partial charge in [0.1, 0.15) is 5.78 Å². The summed E-state index contributed by atoms with van der Waals surface area (Å²) >= 11 is 0. The van der Waals surface area contributed by atoms with E-state index >= 15 is 0 Å². The second kappa shape index (κ2) is 6.38. The van der Waals surface area contributed by atoms with Gasteiger partial charge in [-0.05, 0) is 12.0 Å². The number of hydrogen-bond donors (Lipinski definition) is 0. The second-order valence-corrected chi connectivity index (χ2v) is 6.59. The predicted molar refractivity (Wildman–Crippen MR) is 82.3 cm³/mol. The third-order valence-corrected chi connectivity index (χ3v) is 5.00. The highest BCUT2D eigenvalue weighted by atomic mass is 19.3. The first-order valence-corrected chi connectivity index (χ1v) is 8.19. The Bertz CT molecular complexity index is 578. The Kier molecular flexibility index (Phi) is 4.46. The zero-order valence-electron chi connectivity index (χ0n) is 13.0. The van der Waals surface area contributed by atoms with Gasteiger partial charge in [-0.25, -0.2) is 8.78 Å². The minimum atomic E-state index is -2.71. The van der Waals surface area contributed by atoms with Crippen molar-refractivity contribution in [2.45, 2.75) is 43.9 Å². The highest BCUT2D eigenvalue weighted by Gasteiger charge is 2.45. The Morgan fingerprint density at radius 2 is 1.78 bits per heavy atom. The molecule has 1 aromatic rings. The van der Waals surface area contributed by atoms with Crippen molar-refractivity contribution in [3.63, 3.8) is 0 Å². The molecule has 23 heavy (non-hydrogen) atoms. The van der Waals surface area contributed by atoms with Crippen LogP contribution in [0.3, 0.4) is 0 Å². The predicted octanol–water partition coefficient (Wildman–Crippen LogP) is 3.40. The molecule has 0 bridgehead atoms. The summed E-state index contributed by atoms with van der Waals surface area (Å²) in [6, 6.07) is 9.14. The molecule has 0 N–H and O–H groups in total. The molecule has 1 saturated heterocycles. The number of alkyl halides is 2. The Labute approximate surface area is 134 Å². The highest BCUT2D eigenvalue weighted by Crippen LogP contribution is 2.46. The lowest BCUT2D eigenvalue weighted by atomic mass is 9.73. The summed E-state index contributed by atoms with van der Waals surface area (Å²) < 4.78 is 27.8. The molecule has 124 valence electrons. The average molecular weight is 321 g/mol. The van der Waals surface area contributed by atoms with Gasteiger partial charge in [-0.3, -0.25) is 9.59 Å². The maximum absolute atomic E-state index is 13.9. The molecule has 3 nitrogen and oxygen atoms in total. The van der Waals surface area contributed by atoms with Gasteiger partial charge in [0.15, 0.2) is 0 Å². The monoisotopic (exact) mass is 321 g/mol. The number of likely N-dealkylation sites (tertiary alicyclic amines) is 1. The van der Waals surface area contributed by atoms with E-state index in [2.05, 4.69) is 0 Å². The molecular formula is C18H21F2NO2.